The molecule has 116 valence electrons. The van der Waals surface area contributed by atoms with Gasteiger partial charge in [0.05, 0.1) is 10.7 Å². The number of carbonyl (C=O) groups excluding carboxylic acids is 2. The van der Waals surface area contributed by atoms with Crippen LogP contribution < -0.4 is 4.74 Å². The molecule has 0 atom stereocenters. The number of imide groups is 1. The van der Waals surface area contributed by atoms with Crippen molar-refractivity contribution in [3.63, 3.8) is 0 Å². The molecule has 1 aliphatic heterocycles. The number of rotatable bonds is 3. The molecule has 0 radical (unpaired) electrons. The molecule has 0 spiro atoms. The molecule has 1 heterocycles. The minimum Gasteiger partial charge on any atom is -0.496 e. The summed E-state index contributed by atoms with van der Waals surface area (Å²) in [6, 6.07) is 3.87. The maximum absolute atomic E-state index is 12.2. The van der Waals surface area contributed by atoms with Crippen LogP contribution in [0.1, 0.15) is 23.1 Å². The van der Waals surface area contributed by atoms with Gasteiger partial charge in [-0.3, -0.25) is 14.5 Å². The second-order valence-corrected chi connectivity index (χ2v) is 6.30. The van der Waals surface area contributed by atoms with Crippen molar-refractivity contribution in [2.24, 2.45) is 0 Å². The zero-order chi connectivity index (χ0) is 16.3. The third-order valence-corrected chi connectivity index (χ3v) is 4.57. The summed E-state index contributed by atoms with van der Waals surface area (Å²) in [5.74, 6) is 0.280. The summed E-state index contributed by atoms with van der Waals surface area (Å²) in [6.07, 6.45) is 5.72. The van der Waals surface area contributed by atoms with Crippen molar-refractivity contribution in [3.05, 3.63) is 44.6 Å². The first-order valence-corrected chi connectivity index (χ1v) is 8.06. The third kappa shape index (κ3) is 3.58. The van der Waals surface area contributed by atoms with Gasteiger partial charge >= 0.3 is 0 Å². The first kappa shape index (κ1) is 16.7. The molecule has 0 aromatic heterocycles. The normalized spacial score (nSPS) is 15.2. The molecule has 0 bridgehead atoms. The SMILES string of the molecule is COc1cc(/C=C/C(=O)N2CCC=C(I)C2=O)cc(C)c1C. The zero-order valence-electron chi connectivity index (χ0n) is 12.9. The molecule has 5 heteroatoms. The summed E-state index contributed by atoms with van der Waals surface area (Å²) in [4.78, 5) is 25.4. The summed E-state index contributed by atoms with van der Waals surface area (Å²) in [5.41, 5.74) is 3.05. The Kier molecular flexibility index (Phi) is 5.39. The molecule has 2 rings (SSSR count). The monoisotopic (exact) mass is 411 g/mol. The molecule has 1 aliphatic rings. The van der Waals surface area contributed by atoms with Gasteiger partial charge in [0.1, 0.15) is 5.75 Å². The smallest absolute Gasteiger partial charge is 0.266 e. The summed E-state index contributed by atoms with van der Waals surface area (Å²) in [7, 11) is 1.63. The Morgan fingerprint density at radius 3 is 2.77 bits per heavy atom. The Labute approximate surface area is 144 Å². The van der Waals surface area contributed by atoms with E-state index in [2.05, 4.69) is 0 Å². The van der Waals surface area contributed by atoms with Crippen LogP contribution in [0.4, 0.5) is 0 Å². The fourth-order valence-electron chi connectivity index (χ4n) is 2.27. The van der Waals surface area contributed by atoms with Gasteiger partial charge < -0.3 is 4.74 Å². The molecule has 4 nitrogen and oxygen atoms in total. The molecule has 0 saturated carbocycles. The number of halogens is 1. The Morgan fingerprint density at radius 2 is 2.09 bits per heavy atom. The summed E-state index contributed by atoms with van der Waals surface area (Å²) in [6.45, 7) is 4.43. The van der Waals surface area contributed by atoms with Gasteiger partial charge in [-0.2, -0.15) is 0 Å². The summed E-state index contributed by atoms with van der Waals surface area (Å²) < 4.78 is 5.92. The number of hydrogen-bond acceptors (Lipinski definition) is 3. The van der Waals surface area contributed by atoms with Gasteiger partial charge in [0.25, 0.3) is 11.8 Å². The van der Waals surface area contributed by atoms with E-state index in [1.165, 1.54) is 11.0 Å². The molecule has 0 aliphatic carbocycles. The molecule has 0 fully saturated rings. The predicted molar refractivity (Wildman–Crippen MR) is 94.9 cm³/mol. The quantitative estimate of drug-likeness (QED) is 0.566. The van der Waals surface area contributed by atoms with Gasteiger partial charge in [0, 0.05) is 12.6 Å². The van der Waals surface area contributed by atoms with E-state index >= 15 is 0 Å². The van der Waals surface area contributed by atoms with Crippen LogP contribution in [0.3, 0.4) is 0 Å². The highest BCUT2D eigenvalue weighted by Crippen LogP contribution is 2.24. The average molecular weight is 411 g/mol. The van der Waals surface area contributed by atoms with Crippen LogP contribution in [0, 0.1) is 13.8 Å². The number of benzene rings is 1. The fraction of sp³-hybridized carbons (Fsp3) is 0.294. The van der Waals surface area contributed by atoms with Crippen LogP contribution in [0.2, 0.25) is 0 Å². The number of carbonyl (C=O) groups is 2. The standard InChI is InChI=1S/C17H18INO3/c1-11-9-13(10-15(22-3)12(11)2)6-7-16(20)19-8-4-5-14(18)17(19)21/h5-7,9-10H,4,8H2,1-3H3/b7-6+. The highest BCUT2D eigenvalue weighted by Gasteiger charge is 2.24. The Bertz CT molecular complexity index is 677. The Hall–Kier alpha value is -1.63. The molecule has 0 N–H and O–H groups in total. The van der Waals surface area contributed by atoms with E-state index in [0.717, 1.165) is 22.4 Å². The average Bonchev–Trinajstić information content (AvgIpc) is 2.50. The molecule has 1 aromatic rings. The minimum atomic E-state index is -0.288. The van der Waals surface area contributed by atoms with E-state index in [9.17, 15) is 9.59 Å². The van der Waals surface area contributed by atoms with Gasteiger partial charge in [0.15, 0.2) is 0 Å². The zero-order valence-corrected chi connectivity index (χ0v) is 15.0. The van der Waals surface area contributed by atoms with Gasteiger partial charge in [-0.1, -0.05) is 12.1 Å². The molecule has 0 saturated heterocycles. The Morgan fingerprint density at radius 1 is 1.36 bits per heavy atom. The van der Waals surface area contributed by atoms with Gasteiger partial charge in [-0.25, -0.2) is 0 Å². The topological polar surface area (TPSA) is 46.6 Å². The lowest BCUT2D eigenvalue weighted by Gasteiger charge is -2.21. The van der Waals surface area contributed by atoms with Crippen molar-refractivity contribution in [3.8, 4) is 5.75 Å². The van der Waals surface area contributed by atoms with Crippen molar-refractivity contribution in [2.75, 3.05) is 13.7 Å². The lowest BCUT2D eigenvalue weighted by Crippen LogP contribution is -2.38. The summed E-state index contributed by atoms with van der Waals surface area (Å²) in [5, 5.41) is 0. The summed E-state index contributed by atoms with van der Waals surface area (Å²) >= 11 is 1.97. The maximum Gasteiger partial charge on any atom is 0.266 e. The number of ether oxygens (including phenoxy) is 1. The van der Waals surface area contributed by atoms with E-state index in [4.69, 9.17) is 4.74 Å². The van der Waals surface area contributed by atoms with Crippen molar-refractivity contribution < 1.29 is 14.3 Å². The van der Waals surface area contributed by atoms with Crippen LogP contribution in [0.25, 0.3) is 6.08 Å². The van der Waals surface area contributed by atoms with Crippen LogP contribution >= 0.6 is 22.6 Å². The predicted octanol–water partition coefficient (Wildman–Crippen LogP) is 3.40. The first-order valence-electron chi connectivity index (χ1n) is 6.99. The molecular weight excluding hydrogens is 393 g/mol. The van der Waals surface area contributed by atoms with Gasteiger partial charge in [0.2, 0.25) is 0 Å². The van der Waals surface area contributed by atoms with Crippen LogP contribution in [-0.4, -0.2) is 30.4 Å². The van der Waals surface area contributed by atoms with E-state index in [0.29, 0.717) is 16.5 Å². The lowest BCUT2D eigenvalue weighted by atomic mass is 10.0. The van der Waals surface area contributed by atoms with E-state index in [1.807, 2.05) is 54.6 Å². The second-order valence-electron chi connectivity index (χ2n) is 5.13. The molecule has 0 unspecified atom stereocenters. The first-order chi connectivity index (χ1) is 10.4. The highest BCUT2D eigenvalue weighted by atomic mass is 127. The molecule has 1 aromatic carbocycles. The number of nitrogens with zero attached hydrogens (tertiary/aromatic N) is 1. The van der Waals surface area contributed by atoms with Crippen molar-refractivity contribution >= 4 is 40.5 Å². The number of hydrogen-bond donors (Lipinski definition) is 0. The maximum atomic E-state index is 12.2. The van der Waals surface area contributed by atoms with Crippen molar-refractivity contribution in [1.82, 2.24) is 4.90 Å². The third-order valence-electron chi connectivity index (χ3n) is 3.67. The van der Waals surface area contributed by atoms with E-state index in [1.54, 1.807) is 13.2 Å². The van der Waals surface area contributed by atoms with E-state index < -0.39 is 0 Å². The molecular formula is C17H18INO3. The molecule has 22 heavy (non-hydrogen) atoms. The van der Waals surface area contributed by atoms with Crippen LogP contribution in [-0.2, 0) is 9.59 Å². The number of aryl methyl sites for hydroxylation is 1. The Balaban J connectivity index is 2.18. The fourth-order valence-corrected chi connectivity index (χ4v) is 2.87. The van der Waals surface area contributed by atoms with Crippen LogP contribution in [0.15, 0.2) is 27.9 Å². The van der Waals surface area contributed by atoms with Crippen molar-refractivity contribution in [2.45, 2.75) is 20.3 Å². The number of methoxy groups -OCH3 is 1. The van der Waals surface area contributed by atoms with Gasteiger partial charge in [-0.15, -0.1) is 0 Å². The lowest BCUT2D eigenvalue weighted by molar-refractivity contribution is -0.139. The number of amides is 2. The van der Waals surface area contributed by atoms with Crippen molar-refractivity contribution in [1.29, 1.82) is 0 Å². The second kappa shape index (κ2) is 7.09. The van der Waals surface area contributed by atoms with E-state index in [-0.39, 0.29) is 11.8 Å². The molecule has 2 amide bonds. The highest BCUT2D eigenvalue weighted by molar-refractivity contribution is 14.1. The largest absolute Gasteiger partial charge is 0.496 e. The minimum absolute atomic E-state index is 0.223. The van der Waals surface area contributed by atoms with Crippen LogP contribution in [0.5, 0.6) is 5.75 Å². The van der Waals surface area contributed by atoms with Gasteiger partial charge in [-0.05, 0) is 71.7 Å².